The number of allylic oxidation sites excluding steroid dienone is 1. The van der Waals surface area contributed by atoms with Crippen LogP contribution in [0.15, 0.2) is 48.8 Å². The molecule has 0 unspecified atom stereocenters. The van der Waals surface area contributed by atoms with Crippen molar-refractivity contribution in [3.05, 3.63) is 54.3 Å². The Hall–Kier alpha value is -1.52. The molecule has 0 spiro atoms. The molecule has 4 heteroatoms. The van der Waals surface area contributed by atoms with Crippen LogP contribution in [0.1, 0.15) is 32.8 Å². The van der Waals surface area contributed by atoms with Crippen molar-refractivity contribution >= 4 is 8.32 Å². The Kier molecular flexibility index (Phi) is 7.77. The minimum absolute atomic E-state index is 0.186. The Balaban J connectivity index is 2.26. The van der Waals surface area contributed by atoms with Gasteiger partial charge in [0.25, 0.3) is 0 Å². The van der Waals surface area contributed by atoms with Crippen LogP contribution in [0.2, 0.25) is 18.1 Å². The molecule has 24 heavy (non-hydrogen) atoms. The van der Waals surface area contributed by atoms with Crippen LogP contribution in [0.5, 0.6) is 5.75 Å². The molecule has 0 radical (unpaired) electrons. The van der Waals surface area contributed by atoms with Crippen LogP contribution in [0.25, 0.3) is 0 Å². The summed E-state index contributed by atoms with van der Waals surface area (Å²) in [6.07, 6.45) is 4.86. The van der Waals surface area contributed by atoms with E-state index in [0.29, 0.717) is 13.2 Å². The van der Waals surface area contributed by atoms with Gasteiger partial charge >= 0.3 is 0 Å². The van der Waals surface area contributed by atoms with E-state index in [2.05, 4.69) is 46.5 Å². The maximum atomic E-state index is 6.10. The maximum Gasteiger partial charge on any atom is 0.250 e. The van der Waals surface area contributed by atoms with Crippen LogP contribution >= 0.6 is 0 Å². The monoisotopic (exact) mass is 348 g/mol. The van der Waals surface area contributed by atoms with Gasteiger partial charge < -0.3 is 13.9 Å². The molecule has 1 rings (SSSR count). The number of benzene rings is 1. The number of hydrogen-bond donors (Lipinski definition) is 0. The van der Waals surface area contributed by atoms with Crippen molar-refractivity contribution in [1.29, 1.82) is 0 Å². The van der Waals surface area contributed by atoms with E-state index < -0.39 is 8.32 Å². The first-order valence-electron chi connectivity index (χ1n) is 8.41. The maximum absolute atomic E-state index is 6.10. The summed E-state index contributed by atoms with van der Waals surface area (Å²) in [5, 5.41) is 0.186. The molecule has 0 aliphatic heterocycles. The van der Waals surface area contributed by atoms with E-state index in [-0.39, 0.29) is 5.04 Å². The Labute approximate surface area is 148 Å². The van der Waals surface area contributed by atoms with E-state index in [4.69, 9.17) is 13.9 Å². The van der Waals surface area contributed by atoms with Crippen LogP contribution < -0.4 is 4.74 Å². The van der Waals surface area contributed by atoms with Crippen molar-refractivity contribution in [1.82, 2.24) is 0 Å². The van der Waals surface area contributed by atoms with Crippen molar-refractivity contribution in [2.75, 3.05) is 13.7 Å². The van der Waals surface area contributed by atoms with Gasteiger partial charge in [-0.25, -0.2) is 0 Å². The van der Waals surface area contributed by atoms with Gasteiger partial charge in [0, 0.05) is 0 Å². The molecule has 0 amide bonds. The van der Waals surface area contributed by atoms with Gasteiger partial charge in [-0.3, -0.25) is 0 Å². The van der Waals surface area contributed by atoms with Gasteiger partial charge in [0.05, 0.1) is 26.1 Å². The number of ether oxygens (including phenoxy) is 2. The van der Waals surface area contributed by atoms with Gasteiger partial charge in [-0.15, -0.1) is 0 Å². The lowest BCUT2D eigenvalue weighted by molar-refractivity contribution is 0.125. The molecular weight excluding hydrogens is 316 g/mol. The van der Waals surface area contributed by atoms with Crippen LogP contribution in [-0.2, 0) is 15.8 Å². The second-order valence-electron chi connectivity index (χ2n) is 7.42. The molecular formula is C20H32O3Si. The van der Waals surface area contributed by atoms with Crippen LogP contribution in [0.3, 0.4) is 0 Å². The second kappa shape index (κ2) is 9.09. The fourth-order valence-corrected chi connectivity index (χ4v) is 2.82. The van der Waals surface area contributed by atoms with Crippen LogP contribution in [0, 0.1) is 0 Å². The highest BCUT2D eigenvalue weighted by molar-refractivity contribution is 6.74. The van der Waals surface area contributed by atoms with E-state index in [1.807, 2.05) is 30.3 Å². The SMILES string of the molecule is C=C(/C=C/CCOCc1ccc(OC)cc1)O[Si](C)(C)C(C)(C)C. The molecule has 3 nitrogen and oxygen atoms in total. The third-order valence-electron chi connectivity index (χ3n) is 4.35. The van der Waals surface area contributed by atoms with Crippen molar-refractivity contribution < 1.29 is 13.9 Å². The number of methoxy groups -OCH3 is 1. The van der Waals surface area contributed by atoms with Gasteiger partial charge in [0.2, 0.25) is 8.32 Å². The summed E-state index contributed by atoms with van der Waals surface area (Å²) < 4.78 is 16.9. The van der Waals surface area contributed by atoms with Crippen molar-refractivity contribution in [3.8, 4) is 5.75 Å². The molecule has 1 aromatic carbocycles. The van der Waals surface area contributed by atoms with Gasteiger partial charge in [0.15, 0.2) is 0 Å². The smallest absolute Gasteiger partial charge is 0.250 e. The third kappa shape index (κ3) is 6.93. The van der Waals surface area contributed by atoms with Crippen LogP contribution in [-0.4, -0.2) is 22.0 Å². The van der Waals surface area contributed by atoms with Crippen LogP contribution in [0.4, 0.5) is 0 Å². The first kappa shape index (κ1) is 20.5. The molecule has 1 aromatic rings. The fraction of sp³-hybridized carbons (Fsp3) is 0.500. The molecule has 134 valence electrons. The van der Waals surface area contributed by atoms with E-state index >= 15 is 0 Å². The normalized spacial score (nSPS) is 12.4. The number of hydrogen-bond acceptors (Lipinski definition) is 3. The summed E-state index contributed by atoms with van der Waals surface area (Å²) in [6, 6.07) is 7.93. The lowest BCUT2D eigenvalue weighted by Crippen LogP contribution is -2.40. The largest absolute Gasteiger partial charge is 0.544 e. The van der Waals surface area contributed by atoms with E-state index in [1.165, 1.54) is 0 Å². The summed E-state index contributed by atoms with van der Waals surface area (Å²) in [5.41, 5.74) is 1.14. The summed E-state index contributed by atoms with van der Waals surface area (Å²) in [5.74, 6) is 1.61. The molecule has 0 bridgehead atoms. The Morgan fingerprint density at radius 1 is 1.17 bits per heavy atom. The highest BCUT2D eigenvalue weighted by atomic mass is 28.4. The lowest BCUT2D eigenvalue weighted by atomic mass is 10.2. The van der Waals surface area contributed by atoms with Crippen molar-refractivity contribution in [3.63, 3.8) is 0 Å². The van der Waals surface area contributed by atoms with Gasteiger partial charge in [-0.05, 0) is 48.3 Å². The minimum atomic E-state index is -1.79. The lowest BCUT2D eigenvalue weighted by Gasteiger charge is -2.36. The zero-order valence-electron chi connectivity index (χ0n) is 16.0. The Morgan fingerprint density at radius 2 is 1.79 bits per heavy atom. The Bertz CT molecular complexity index is 539. The minimum Gasteiger partial charge on any atom is -0.544 e. The molecule has 0 aliphatic carbocycles. The standard InChI is InChI=1S/C20H32O3Si/c1-17(23-24(6,7)20(2,3)4)10-8-9-15-22-16-18-11-13-19(21-5)14-12-18/h8,10-14H,1,9,15-16H2,2-7H3/b10-8+. The molecule has 0 saturated heterocycles. The van der Waals surface area contributed by atoms with E-state index in [0.717, 1.165) is 23.5 Å². The van der Waals surface area contributed by atoms with Crippen molar-refractivity contribution in [2.45, 2.75) is 51.9 Å². The first-order valence-corrected chi connectivity index (χ1v) is 11.3. The van der Waals surface area contributed by atoms with Gasteiger partial charge in [0.1, 0.15) is 5.75 Å². The average Bonchev–Trinajstić information content (AvgIpc) is 2.49. The molecule has 0 fully saturated rings. The quantitative estimate of drug-likeness (QED) is 0.248. The molecule has 0 saturated carbocycles. The summed E-state index contributed by atoms with van der Waals surface area (Å²) in [4.78, 5) is 0. The third-order valence-corrected chi connectivity index (χ3v) is 8.74. The van der Waals surface area contributed by atoms with E-state index in [1.54, 1.807) is 7.11 Å². The van der Waals surface area contributed by atoms with E-state index in [9.17, 15) is 0 Å². The summed E-state index contributed by atoms with van der Waals surface area (Å²) >= 11 is 0. The highest BCUT2D eigenvalue weighted by Gasteiger charge is 2.38. The molecule has 0 N–H and O–H groups in total. The topological polar surface area (TPSA) is 27.7 Å². The zero-order valence-corrected chi connectivity index (χ0v) is 17.0. The molecule has 0 aliphatic rings. The van der Waals surface area contributed by atoms with Crippen molar-refractivity contribution in [2.24, 2.45) is 0 Å². The first-order chi connectivity index (χ1) is 11.2. The average molecular weight is 349 g/mol. The molecule has 0 heterocycles. The Morgan fingerprint density at radius 3 is 2.33 bits per heavy atom. The fourth-order valence-electron chi connectivity index (χ4n) is 1.79. The molecule has 0 atom stereocenters. The summed E-state index contributed by atoms with van der Waals surface area (Å²) in [6.45, 7) is 16.4. The summed E-state index contributed by atoms with van der Waals surface area (Å²) in [7, 11) is -0.120. The zero-order chi connectivity index (χ0) is 18.2. The highest BCUT2D eigenvalue weighted by Crippen LogP contribution is 2.37. The predicted molar refractivity (Wildman–Crippen MR) is 104 cm³/mol. The number of rotatable bonds is 9. The molecule has 0 aromatic heterocycles. The predicted octanol–water partition coefficient (Wildman–Crippen LogP) is 5.69. The second-order valence-corrected chi connectivity index (χ2v) is 12.1. The van der Waals surface area contributed by atoms with Gasteiger partial charge in [-0.2, -0.15) is 0 Å². The van der Waals surface area contributed by atoms with Gasteiger partial charge in [-0.1, -0.05) is 45.6 Å².